The van der Waals surface area contributed by atoms with Crippen LogP contribution in [-0.4, -0.2) is 45.5 Å². The van der Waals surface area contributed by atoms with Crippen LogP contribution in [0.3, 0.4) is 0 Å². The SMILES string of the molecule is COc1ccc(CC(=O)N/N=C/c2ccc(N3CCOCC3)c(F)c2)cc1. The van der Waals surface area contributed by atoms with Crippen molar-refractivity contribution in [3.63, 3.8) is 0 Å². The van der Waals surface area contributed by atoms with Gasteiger partial charge in [0.25, 0.3) is 0 Å². The van der Waals surface area contributed by atoms with Crippen molar-refractivity contribution in [2.75, 3.05) is 38.3 Å². The van der Waals surface area contributed by atoms with E-state index < -0.39 is 0 Å². The maximum Gasteiger partial charge on any atom is 0.244 e. The summed E-state index contributed by atoms with van der Waals surface area (Å²) in [5, 5.41) is 3.91. The molecule has 1 aliphatic rings. The average Bonchev–Trinajstić information content (AvgIpc) is 2.69. The van der Waals surface area contributed by atoms with E-state index >= 15 is 0 Å². The van der Waals surface area contributed by atoms with Crippen molar-refractivity contribution >= 4 is 17.8 Å². The molecule has 0 unspecified atom stereocenters. The first-order valence-corrected chi connectivity index (χ1v) is 8.73. The zero-order valence-electron chi connectivity index (χ0n) is 15.2. The fourth-order valence-electron chi connectivity index (χ4n) is 2.81. The summed E-state index contributed by atoms with van der Waals surface area (Å²) in [4.78, 5) is 13.9. The minimum absolute atomic E-state index is 0.200. The number of hydrogen-bond donors (Lipinski definition) is 1. The predicted molar refractivity (Wildman–Crippen MR) is 102 cm³/mol. The molecule has 1 heterocycles. The highest BCUT2D eigenvalue weighted by Crippen LogP contribution is 2.21. The molecule has 0 spiro atoms. The Bertz CT molecular complexity index is 803. The molecule has 0 radical (unpaired) electrons. The van der Waals surface area contributed by atoms with Gasteiger partial charge in [-0.25, -0.2) is 9.82 Å². The molecule has 0 aliphatic carbocycles. The quantitative estimate of drug-likeness (QED) is 0.626. The Hall–Kier alpha value is -2.93. The number of morpholine rings is 1. The van der Waals surface area contributed by atoms with Gasteiger partial charge in [-0.05, 0) is 35.4 Å². The van der Waals surface area contributed by atoms with Crippen LogP contribution in [-0.2, 0) is 16.0 Å². The van der Waals surface area contributed by atoms with Gasteiger partial charge in [-0.2, -0.15) is 5.10 Å². The first-order chi connectivity index (χ1) is 13.2. The summed E-state index contributed by atoms with van der Waals surface area (Å²) in [5.41, 5.74) is 4.44. The van der Waals surface area contributed by atoms with Crippen molar-refractivity contribution < 1.29 is 18.7 Å². The van der Waals surface area contributed by atoms with E-state index in [1.165, 1.54) is 12.3 Å². The average molecular weight is 371 g/mol. The van der Waals surface area contributed by atoms with Crippen LogP contribution in [0.4, 0.5) is 10.1 Å². The van der Waals surface area contributed by atoms with Crippen LogP contribution in [0.15, 0.2) is 47.6 Å². The highest BCUT2D eigenvalue weighted by molar-refractivity contribution is 5.83. The molecule has 2 aromatic carbocycles. The zero-order chi connectivity index (χ0) is 19.1. The molecule has 3 rings (SSSR count). The smallest absolute Gasteiger partial charge is 0.244 e. The van der Waals surface area contributed by atoms with Crippen LogP contribution >= 0.6 is 0 Å². The summed E-state index contributed by atoms with van der Waals surface area (Å²) in [6.07, 6.45) is 1.63. The Morgan fingerprint density at radius 1 is 1.26 bits per heavy atom. The monoisotopic (exact) mass is 371 g/mol. The second-order valence-corrected chi connectivity index (χ2v) is 6.13. The molecule has 27 heavy (non-hydrogen) atoms. The fraction of sp³-hybridized carbons (Fsp3) is 0.300. The summed E-state index contributed by atoms with van der Waals surface area (Å²) in [6.45, 7) is 2.54. The van der Waals surface area contributed by atoms with Crippen LogP contribution in [0.2, 0.25) is 0 Å². The third kappa shape index (κ3) is 5.27. The van der Waals surface area contributed by atoms with Gasteiger partial charge < -0.3 is 14.4 Å². The maximum absolute atomic E-state index is 14.3. The lowest BCUT2D eigenvalue weighted by Gasteiger charge is -2.29. The van der Waals surface area contributed by atoms with Gasteiger partial charge in [0.1, 0.15) is 11.6 Å². The van der Waals surface area contributed by atoms with Crippen molar-refractivity contribution in [2.24, 2.45) is 5.10 Å². The van der Waals surface area contributed by atoms with E-state index in [-0.39, 0.29) is 18.1 Å². The number of nitrogens with zero attached hydrogens (tertiary/aromatic N) is 2. The summed E-state index contributed by atoms with van der Waals surface area (Å²) in [7, 11) is 1.59. The number of halogens is 1. The van der Waals surface area contributed by atoms with Gasteiger partial charge in [0.05, 0.1) is 38.6 Å². The molecular formula is C20H22FN3O3. The van der Waals surface area contributed by atoms with Gasteiger partial charge >= 0.3 is 0 Å². The van der Waals surface area contributed by atoms with Crippen LogP contribution < -0.4 is 15.1 Å². The summed E-state index contributed by atoms with van der Waals surface area (Å²) < 4.78 is 24.7. The molecule has 142 valence electrons. The summed E-state index contributed by atoms with van der Waals surface area (Å²) in [6, 6.07) is 12.1. The normalized spacial score (nSPS) is 14.4. The number of benzene rings is 2. The summed E-state index contributed by atoms with van der Waals surface area (Å²) in [5.74, 6) is 0.173. The third-order valence-corrected chi connectivity index (χ3v) is 4.25. The van der Waals surface area contributed by atoms with Gasteiger partial charge in [0.15, 0.2) is 0 Å². The highest BCUT2D eigenvalue weighted by Gasteiger charge is 2.15. The Labute approximate surface area is 157 Å². The number of carbonyl (C=O) groups is 1. The molecule has 1 saturated heterocycles. The van der Waals surface area contributed by atoms with Crippen LogP contribution in [0, 0.1) is 5.82 Å². The zero-order valence-corrected chi connectivity index (χ0v) is 15.2. The van der Waals surface area contributed by atoms with Gasteiger partial charge in [-0.1, -0.05) is 18.2 Å². The topological polar surface area (TPSA) is 63.2 Å². The highest BCUT2D eigenvalue weighted by atomic mass is 19.1. The van der Waals surface area contributed by atoms with Crippen LogP contribution in [0.1, 0.15) is 11.1 Å². The minimum atomic E-state index is -0.314. The van der Waals surface area contributed by atoms with Crippen molar-refractivity contribution in [3.05, 3.63) is 59.4 Å². The molecule has 2 aromatic rings. The Balaban J connectivity index is 1.54. The first-order valence-electron chi connectivity index (χ1n) is 8.73. The molecule has 7 heteroatoms. The first kappa shape index (κ1) is 18.8. The molecule has 1 fully saturated rings. The van der Waals surface area contributed by atoms with Crippen molar-refractivity contribution in [1.82, 2.24) is 5.43 Å². The number of amides is 1. The number of methoxy groups -OCH3 is 1. The van der Waals surface area contributed by atoms with E-state index in [0.717, 1.165) is 11.3 Å². The number of anilines is 1. The van der Waals surface area contributed by atoms with Crippen LogP contribution in [0.5, 0.6) is 5.75 Å². The van der Waals surface area contributed by atoms with E-state index in [2.05, 4.69) is 10.5 Å². The number of hydrogen-bond acceptors (Lipinski definition) is 5. The number of nitrogens with one attached hydrogen (secondary N) is 1. The molecule has 6 nitrogen and oxygen atoms in total. The van der Waals surface area contributed by atoms with E-state index in [9.17, 15) is 9.18 Å². The molecular weight excluding hydrogens is 349 g/mol. The van der Waals surface area contributed by atoms with Gasteiger partial charge in [-0.15, -0.1) is 0 Å². The Morgan fingerprint density at radius 2 is 2.00 bits per heavy atom. The predicted octanol–water partition coefficient (Wildman–Crippen LogP) is 2.36. The van der Waals surface area contributed by atoms with E-state index in [0.29, 0.717) is 37.6 Å². The lowest BCUT2D eigenvalue weighted by Crippen LogP contribution is -2.36. The number of ether oxygens (including phenoxy) is 2. The Morgan fingerprint density at radius 3 is 2.67 bits per heavy atom. The number of hydrazone groups is 1. The third-order valence-electron chi connectivity index (χ3n) is 4.25. The number of carbonyl (C=O) groups excluding carboxylic acids is 1. The van der Waals surface area contributed by atoms with Crippen LogP contribution in [0.25, 0.3) is 0 Å². The minimum Gasteiger partial charge on any atom is -0.497 e. The van der Waals surface area contributed by atoms with E-state index in [1.807, 2.05) is 17.0 Å². The molecule has 0 saturated carbocycles. The summed E-state index contributed by atoms with van der Waals surface area (Å²) >= 11 is 0. The molecule has 1 N–H and O–H groups in total. The van der Waals surface area contributed by atoms with Crippen molar-refractivity contribution in [3.8, 4) is 5.75 Å². The molecule has 0 aromatic heterocycles. The van der Waals surface area contributed by atoms with Crippen molar-refractivity contribution in [2.45, 2.75) is 6.42 Å². The number of rotatable bonds is 6. The van der Waals surface area contributed by atoms with Gasteiger partial charge in [0, 0.05) is 13.1 Å². The maximum atomic E-state index is 14.3. The largest absolute Gasteiger partial charge is 0.497 e. The molecule has 1 aliphatic heterocycles. The fourth-order valence-corrected chi connectivity index (χ4v) is 2.81. The lowest BCUT2D eigenvalue weighted by atomic mass is 10.1. The van der Waals surface area contributed by atoms with Gasteiger partial charge in [0.2, 0.25) is 5.91 Å². The second kappa shape index (κ2) is 9.14. The lowest BCUT2D eigenvalue weighted by molar-refractivity contribution is -0.120. The Kier molecular flexibility index (Phi) is 6.38. The molecule has 0 atom stereocenters. The van der Waals surface area contributed by atoms with Crippen molar-refractivity contribution in [1.29, 1.82) is 0 Å². The van der Waals surface area contributed by atoms with E-state index in [4.69, 9.17) is 9.47 Å². The van der Waals surface area contributed by atoms with Gasteiger partial charge in [-0.3, -0.25) is 4.79 Å². The molecule has 1 amide bonds. The second-order valence-electron chi connectivity index (χ2n) is 6.13. The molecule has 0 bridgehead atoms. The van der Waals surface area contributed by atoms with E-state index in [1.54, 1.807) is 31.4 Å². The standard InChI is InChI=1S/C20H22FN3O3/c1-26-17-5-2-15(3-6-17)13-20(25)23-22-14-16-4-7-19(18(21)12-16)24-8-10-27-11-9-24/h2-7,12,14H,8-11,13H2,1H3,(H,23,25)/b22-14+.